The maximum atomic E-state index is 13.1. The average molecular weight is 425 g/mol. The van der Waals surface area contributed by atoms with Crippen molar-refractivity contribution in [1.29, 1.82) is 0 Å². The lowest BCUT2D eigenvalue weighted by Crippen LogP contribution is -2.56. The third kappa shape index (κ3) is 4.56. The monoisotopic (exact) mass is 424 g/mol. The van der Waals surface area contributed by atoms with Gasteiger partial charge in [-0.05, 0) is 49.2 Å². The number of piperazine rings is 1. The molecule has 1 unspecified atom stereocenters. The Kier molecular flexibility index (Phi) is 5.89. The van der Waals surface area contributed by atoms with Gasteiger partial charge in [0.05, 0.1) is 5.56 Å². The molecule has 1 fully saturated rings. The summed E-state index contributed by atoms with van der Waals surface area (Å²) in [6.07, 6.45) is -4.48. The van der Waals surface area contributed by atoms with Crippen molar-refractivity contribution in [3.05, 3.63) is 70.2 Å². The predicted octanol–water partition coefficient (Wildman–Crippen LogP) is 4.68. The van der Waals surface area contributed by atoms with Gasteiger partial charge < -0.3 is 9.80 Å². The molecule has 1 aliphatic rings. The van der Waals surface area contributed by atoms with Crippen LogP contribution < -0.4 is 0 Å². The first-order valence-corrected chi connectivity index (χ1v) is 9.47. The van der Waals surface area contributed by atoms with E-state index >= 15 is 0 Å². The Morgan fingerprint density at radius 3 is 2.34 bits per heavy atom. The Bertz CT molecular complexity index is 913. The molecule has 154 valence electrons. The van der Waals surface area contributed by atoms with E-state index < -0.39 is 17.8 Å². The molecule has 3 rings (SSSR count). The first kappa shape index (κ1) is 21.2. The van der Waals surface area contributed by atoms with Gasteiger partial charge in [0.1, 0.15) is 12.6 Å². The zero-order valence-corrected chi connectivity index (χ0v) is 16.7. The lowest BCUT2D eigenvalue weighted by atomic mass is 9.99. The van der Waals surface area contributed by atoms with Crippen molar-refractivity contribution in [3.63, 3.8) is 0 Å². The number of amides is 2. The summed E-state index contributed by atoms with van der Waals surface area (Å²) in [5.41, 5.74) is 0.0700. The van der Waals surface area contributed by atoms with Crippen molar-refractivity contribution in [2.45, 2.75) is 38.7 Å². The van der Waals surface area contributed by atoms with E-state index in [1.54, 1.807) is 24.3 Å². The Labute approximate surface area is 171 Å². The van der Waals surface area contributed by atoms with E-state index in [1.165, 1.54) is 21.9 Å². The molecule has 0 N–H and O–H groups in total. The first-order valence-electron chi connectivity index (χ1n) is 9.09. The quantitative estimate of drug-likeness (QED) is 0.715. The van der Waals surface area contributed by atoms with Crippen molar-refractivity contribution in [2.24, 2.45) is 0 Å². The van der Waals surface area contributed by atoms with Crippen LogP contribution in [-0.2, 0) is 22.3 Å². The minimum absolute atomic E-state index is 0.103. The molecule has 2 aromatic rings. The Morgan fingerprint density at radius 2 is 1.76 bits per heavy atom. The van der Waals surface area contributed by atoms with Crippen LogP contribution in [0.5, 0.6) is 0 Å². The van der Waals surface area contributed by atoms with Crippen LogP contribution in [0.2, 0.25) is 5.02 Å². The lowest BCUT2D eigenvalue weighted by Gasteiger charge is -2.42. The summed E-state index contributed by atoms with van der Waals surface area (Å²) in [6, 6.07) is 10.2. The number of hydrogen-bond donors (Lipinski definition) is 0. The molecular formula is C21H20ClF3N2O2. The van der Waals surface area contributed by atoms with Gasteiger partial charge >= 0.3 is 6.18 Å². The van der Waals surface area contributed by atoms with Gasteiger partial charge in [0, 0.05) is 17.6 Å². The number of alkyl halides is 3. The molecule has 4 nitrogen and oxygen atoms in total. The molecule has 2 amide bonds. The van der Waals surface area contributed by atoms with E-state index in [9.17, 15) is 22.8 Å². The van der Waals surface area contributed by atoms with Crippen LogP contribution in [0.25, 0.3) is 0 Å². The van der Waals surface area contributed by atoms with E-state index in [0.717, 1.165) is 12.1 Å². The van der Waals surface area contributed by atoms with Crippen LogP contribution in [0.3, 0.4) is 0 Å². The largest absolute Gasteiger partial charge is 0.416 e. The van der Waals surface area contributed by atoms with Crippen LogP contribution in [0.1, 0.15) is 36.6 Å². The third-order valence-corrected chi connectivity index (χ3v) is 5.12. The summed E-state index contributed by atoms with van der Waals surface area (Å²) in [7, 11) is 0. The lowest BCUT2D eigenvalue weighted by molar-refractivity contribution is -0.158. The molecule has 1 aliphatic heterocycles. The molecule has 0 radical (unpaired) electrons. The number of carbonyl (C=O) groups is 2. The van der Waals surface area contributed by atoms with Gasteiger partial charge in [-0.1, -0.05) is 35.9 Å². The molecule has 1 atom stereocenters. The summed E-state index contributed by atoms with van der Waals surface area (Å²) >= 11 is 5.94. The van der Waals surface area contributed by atoms with Gasteiger partial charge in [0.25, 0.3) is 5.91 Å². The SMILES string of the molecule is CC(C)N1CC(=O)N(Cc2cccc(C(F)(F)F)c2)C(c2ccc(Cl)cc2)C1=O. The molecule has 0 saturated carbocycles. The minimum Gasteiger partial charge on any atom is -0.329 e. The fourth-order valence-electron chi connectivity index (χ4n) is 3.38. The standard InChI is InChI=1S/C21H20ClF3N2O2/c1-13(2)26-12-18(28)27(11-14-4-3-5-16(10-14)21(23,24)25)19(20(26)29)15-6-8-17(22)9-7-15/h3-10,13,19H,11-12H2,1-2H3. The van der Waals surface area contributed by atoms with Crippen molar-refractivity contribution in [1.82, 2.24) is 9.80 Å². The molecule has 1 saturated heterocycles. The van der Waals surface area contributed by atoms with Crippen LogP contribution >= 0.6 is 11.6 Å². The van der Waals surface area contributed by atoms with E-state index in [0.29, 0.717) is 16.1 Å². The molecule has 29 heavy (non-hydrogen) atoms. The zero-order valence-electron chi connectivity index (χ0n) is 15.9. The highest BCUT2D eigenvalue weighted by Crippen LogP contribution is 2.33. The Morgan fingerprint density at radius 1 is 1.10 bits per heavy atom. The van der Waals surface area contributed by atoms with Gasteiger partial charge in [-0.25, -0.2) is 0 Å². The molecule has 1 heterocycles. The van der Waals surface area contributed by atoms with Gasteiger partial charge in [-0.2, -0.15) is 13.2 Å². The van der Waals surface area contributed by atoms with Gasteiger partial charge in [-0.15, -0.1) is 0 Å². The Hall–Kier alpha value is -2.54. The second-order valence-corrected chi connectivity index (χ2v) is 7.67. The van der Waals surface area contributed by atoms with Crippen LogP contribution in [0, 0.1) is 0 Å². The third-order valence-electron chi connectivity index (χ3n) is 4.87. The maximum Gasteiger partial charge on any atom is 0.416 e. The van der Waals surface area contributed by atoms with Gasteiger partial charge in [0.2, 0.25) is 5.91 Å². The van der Waals surface area contributed by atoms with Gasteiger partial charge in [-0.3, -0.25) is 9.59 Å². The van der Waals surface area contributed by atoms with Gasteiger partial charge in [0.15, 0.2) is 0 Å². The van der Waals surface area contributed by atoms with Crippen molar-refractivity contribution in [3.8, 4) is 0 Å². The van der Waals surface area contributed by atoms with E-state index in [4.69, 9.17) is 11.6 Å². The van der Waals surface area contributed by atoms with Crippen molar-refractivity contribution < 1.29 is 22.8 Å². The summed E-state index contributed by atoms with van der Waals surface area (Å²) in [5.74, 6) is -0.593. The Balaban J connectivity index is 1.99. The fraction of sp³-hybridized carbons (Fsp3) is 0.333. The van der Waals surface area contributed by atoms with Crippen LogP contribution in [0.15, 0.2) is 48.5 Å². The molecule has 0 aromatic heterocycles. The minimum atomic E-state index is -4.48. The van der Waals surface area contributed by atoms with Crippen LogP contribution in [-0.4, -0.2) is 34.2 Å². The molecular weight excluding hydrogens is 405 g/mol. The normalized spacial score (nSPS) is 18.0. The molecule has 0 aliphatic carbocycles. The first-order chi connectivity index (χ1) is 13.6. The number of nitrogens with zero attached hydrogens (tertiary/aromatic N) is 2. The second-order valence-electron chi connectivity index (χ2n) is 7.23. The summed E-state index contributed by atoms with van der Waals surface area (Å²) in [5, 5.41) is 0.480. The second kappa shape index (κ2) is 8.06. The molecule has 2 aromatic carbocycles. The fourth-order valence-corrected chi connectivity index (χ4v) is 3.50. The predicted molar refractivity (Wildman–Crippen MR) is 103 cm³/mol. The van der Waals surface area contributed by atoms with E-state index in [2.05, 4.69) is 0 Å². The van der Waals surface area contributed by atoms with E-state index in [1.807, 2.05) is 13.8 Å². The number of carbonyl (C=O) groups excluding carboxylic acids is 2. The van der Waals surface area contributed by atoms with Crippen LogP contribution in [0.4, 0.5) is 13.2 Å². The van der Waals surface area contributed by atoms with E-state index in [-0.39, 0.29) is 30.9 Å². The number of rotatable bonds is 4. The number of hydrogen-bond acceptors (Lipinski definition) is 2. The topological polar surface area (TPSA) is 40.6 Å². The van der Waals surface area contributed by atoms with Crippen molar-refractivity contribution >= 4 is 23.4 Å². The smallest absolute Gasteiger partial charge is 0.329 e. The highest BCUT2D eigenvalue weighted by molar-refractivity contribution is 6.30. The number of benzene rings is 2. The highest BCUT2D eigenvalue weighted by Gasteiger charge is 2.41. The zero-order chi connectivity index (χ0) is 21.3. The average Bonchev–Trinajstić information content (AvgIpc) is 2.65. The summed E-state index contributed by atoms with van der Waals surface area (Å²) in [6.45, 7) is 3.41. The summed E-state index contributed by atoms with van der Waals surface area (Å²) in [4.78, 5) is 28.8. The van der Waals surface area contributed by atoms with Crippen molar-refractivity contribution in [2.75, 3.05) is 6.54 Å². The highest BCUT2D eigenvalue weighted by atomic mass is 35.5. The molecule has 0 spiro atoms. The number of halogens is 4. The maximum absolute atomic E-state index is 13.1. The molecule has 0 bridgehead atoms. The molecule has 8 heteroatoms. The summed E-state index contributed by atoms with van der Waals surface area (Å²) < 4.78 is 39.2.